The number of hydrogen-bond acceptors (Lipinski definition) is 6. The number of nitrogens with zero attached hydrogens (tertiary/aromatic N) is 2. The fourth-order valence-electron chi connectivity index (χ4n) is 2.54. The number of nitrogens with one attached hydrogen (secondary N) is 1. The SMILES string of the molecule is CCCOc1c(Br)cc(C(=O)Nc2nc(-c3ccc(C#N)cc3)cs2)cc1OC. The van der Waals surface area contributed by atoms with Crippen molar-refractivity contribution < 1.29 is 14.3 Å². The zero-order valence-electron chi connectivity index (χ0n) is 15.9. The summed E-state index contributed by atoms with van der Waals surface area (Å²) in [6, 6.07) is 12.5. The predicted octanol–water partition coefficient (Wildman–Crippen LogP) is 5.49. The molecule has 148 valence electrons. The van der Waals surface area contributed by atoms with Crippen molar-refractivity contribution >= 4 is 38.3 Å². The number of benzene rings is 2. The number of methoxy groups -OCH3 is 1. The smallest absolute Gasteiger partial charge is 0.257 e. The summed E-state index contributed by atoms with van der Waals surface area (Å²) >= 11 is 4.78. The molecular weight excluding hydrogens is 454 g/mol. The molecule has 1 N–H and O–H groups in total. The van der Waals surface area contributed by atoms with Crippen LogP contribution in [-0.4, -0.2) is 24.6 Å². The highest BCUT2D eigenvalue weighted by Gasteiger charge is 2.17. The van der Waals surface area contributed by atoms with Crippen molar-refractivity contribution in [3.63, 3.8) is 0 Å². The van der Waals surface area contributed by atoms with Crippen LogP contribution in [0.3, 0.4) is 0 Å². The average Bonchev–Trinajstić information content (AvgIpc) is 3.20. The number of hydrogen-bond donors (Lipinski definition) is 1. The second kappa shape index (κ2) is 9.54. The van der Waals surface area contributed by atoms with Gasteiger partial charge in [-0.25, -0.2) is 4.98 Å². The van der Waals surface area contributed by atoms with Gasteiger partial charge in [0.15, 0.2) is 16.6 Å². The van der Waals surface area contributed by atoms with Crippen molar-refractivity contribution in [2.75, 3.05) is 19.0 Å². The third kappa shape index (κ3) is 4.94. The number of halogens is 1. The number of nitriles is 1. The van der Waals surface area contributed by atoms with E-state index in [1.807, 2.05) is 24.4 Å². The van der Waals surface area contributed by atoms with Crippen molar-refractivity contribution in [1.29, 1.82) is 5.26 Å². The van der Waals surface area contributed by atoms with Gasteiger partial charge in [0.05, 0.1) is 35.5 Å². The van der Waals surface area contributed by atoms with Crippen molar-refractivity contribution in [2.45, 2.75) is 13.3 Å². The van der Waals surface area contributed by atoms with Crippen LogP contribution >= 0.6 is 27.3 Å². The Morgan fingerprint density at radius 3 is 2.72 bits per heavy atom. The summed E-state index contributed by atoms with van der Waals surface area (Å²) in [5.41, 5.74) is 2.62. The number of carbonyl (C=O) groups is 1. The number of rotatable bonds is 7. The Morgan fingerprint density at radius 1 is 1.31 bits per heavy atom. The fraction of sp³-hybridized carbons (Fsp3) is 0.190. The van der Waals surface area contributed by atoms with Crippen molar-refractivity contribution in [3.8, 4) is 28.8 Å². The van der Waals surface area contributed by atoms with Gasteiger partial charge >= 0.3 is 0 Å². The molecular formula is C21H18BrN3O3S. The summed E-state index contributed by atoms with van der Waals surface area (Å²) in [5.74, 6) is 0.755. The van der Waals surface area contributed by atoms with Crippen LogP contribution < -0.4 is 14.8 Å². The lowest BCUT2D eigenvalue weighted by atomic mass is 10.1. The number of thiazole rings is 1. The first kappa shape index (κ1) is 20.8. The molecule has 3 rings (SSSR count). The van der Waals surface area contributed by atoms with E-state index in [-0.39, 0.29) is 5.91 Å². The number of carbonyl (C=O) groups excluding carboxylic acids is 1. The Labute approximate surface area is 181 Å². The molecule has 0 fully saturated rings. The highest BCUT2D eigenvalue weighted by molar-refractivity contribution is 9.10. The lowest BCUT2D eigenvalue weighted by Crippen LogP contribution is -2.12. The van der Waals surface area contributed by atoms with Gasteiger partial charge in [0.25, 0.3) is 5.91 Å². The average molecular weight is 472 g/mol. The lowest BCUT2D eigenvalue weighted by molar-refractivity contribution is 0.102. The molecule has 0 radical (unpaired) electrons. The van der Waals surface area contributed by atoms with Gasteiger partial charge in [-0.15, -0.1) is 11.3 Å². The summed E-state index contributed by atoms with van der Waals surface area (Å²) in [6.07, 6.45) is 0.865. The standard InChI is InChI=1S/C21H18BrN3O3S/c1-3-8-28-19-16(22)9-15(10-18(19)27-2)20(26)25-21-24-17(12-29-21)14-6-4-13(11-23)5-7-14/h4-7,9-10,12H,3,8H2,1-2H3,(H,24,25,26). The van der Waals surface area contributed by atoms with Gasteiger partial charge in [0.2, 0.25) is 0 Å². The lowest BCUT2D eigenvalue weighted by Gasteiger charge is -2.13. The van der Waals surface area contributed by atoms with E-state index in [0.717, 1.165) is 17.7 Å². The minimum Gasteiger partial charge on any atom is -0.493 e. The summed E-state index contributed by atoms with van der Waals surface area (Å²) in [5, 5.41) is 14.0. The molecule has 29 heavy (non-hydrogen) atoms. The number of amides is 1. The van der Waals surface area contributed by atoms with Crippen LogP contribution in [0.2, 0.25) is 0 Å². The van der Waals surface area contributed by atoms with E-state index in [0.29, 0.717) is 38.8 Å². The van der Waals surface area contributed by atoms with Crippen molar-refractivity contribution in [3.05, 3.63) is 57.4 Å². The Kier molecular flexibility index (Phi) is 6.86. The maximum Gasteiger partial charge on any atom is 0.257 e. The van der Waals surface area contributed by atoms with Crippen LogP contribution in [0.1, 0.15) is 29.3 Å². The molecule has 6 nitrogen and oxygen atoms in total. The normalized spacial score (nSPS) is 10.3. The molecule has 0 saturated carbocycles. The Balaban J connectivity index is 1.77. The quantitative estimate of drug-likeness (QED) is 0.491. The molecule has 0 aliphatic heterocycles. The van der Waals surface area contributed by atoms with Gasteiger partial charge < -0.3 is 9.47 Å². The zero-order valence-corrected chi connectivity index (χ0v) is 18.3. The largest absolute Gasteiger partial charge is 0.493 e. The van der Waals surface area contributed by atoms with Gasteiger partial charge in [-0.1, -0.05) is 19.1 Å². The van der Waals surface area contributed by atoms with Gasteiger partial charge in [-0.3, -0.25) is 10.1 Å². The monoisotopic (exact) mass is 471 g/mol. The van der Waals surface area contributed by atoms with Crippen molar-refractivity contribution in [2.24, 2.45) is 0 Å². The number of anilines is 1. The molecule has 1 aromatic heterocycles. The van der Waals surface area contributed by atoms with E-state index in [2.05, 4.69) is 32.3 Å². The molecule has 1 heterocycles. The Morgan fingerprint density at radius 2 is 2.07 bits per heavy atom. The van der Waals surface area contributed by atoms with E-state index in [1.165, 1.54) is 18.4 Å². The molecule has 1 amide bonds. The second-order valence-electron chi connectivity index (χ2n) is 6.02. The highest BCUT2D eigenvalue weighted by Crippen LogP contribution is 2.37. The van der Waals surface area contributed by atoms with Crippen LogP contribution in [0.4, 0.5) is 5.13 Å². The molecule has 0 aliphatic carbocycles. The van der Waals surface area contributed by atoms with E-state index < -0.39 is 0 Å². The van der Waals surface area contributed by atoms with E-state index in [1.54, 1.807) is 24.3 Å². The van der Waals surface area contributed by atoms with Crippen molar-refractivity contribution in [1.82, 2.24) is 4.98 Å². The molecule has 2 aromatic carbocycles. The summed E-state index contributed by atoms with van der Waals surface area (Å²) in [4.78, 5) is 17.2. The van der Waals surface area contributed by atoms with Crippen LogP contribution in [0.5, 0.6) is 11.5 Å². The minimum absolute atomic E-state index is 0.299. The van der Waals surface area contributed by atoms with Gasteiger partial charge in [-0.2, -0.15) is 5.26 Å². The molecule has 0 saturated heterocycles. The molecule has 0 atom stereocenters. The molecule has 0 aliphatic rings. The number of aromatic nitrogens is 1. The molecule has 0 bridgehead atoms. The van der Waals surface area contributed by atoms with Crippen LogP contribution in [0.25, 0.3) is 11.3 Å². The van der Waals surface area contributed by atoms with Gasteiger partial charge in [0, 0.05) is 16.5 Å². The Bertz CT molecular complexity index is 1060. The third-order valence-corrected chi connectivity index (χ3v) is 5.32. The fourth-order valence-corrected chi connectivity index (χ4v) is 3.81. The maximum absolute atomic E-state index is 12.7. The molecule has 0 spiro atoms. The zero-order chi connectivity index (χ0) is 20.8. The maximum atomic E-state index is 12.7. The third-order valence-electron chi connectivity index (χ3n) is 3.98. The first-order valence-electron chi connectivity index (χ1n) is 8.83. The Hall–Kier alpha value is -2.89. The molecule has 3 aromatic rings. The van der Waals surface area contributed by atoms with Gasteiger partial charge in [-0.05, 0) is 46.6 Å². The summed E-state index contributed by atoms with van der Waals surface area (Å²) in [7, 11) is 1.53. The molecule has 0 unspecified atom stereocenters. The van der Waals surface area contributed by atoms with E-state index in [9.17, 15) is 4.79 Å². The van der Waals surface area contributed by atoms with Gasteiger partial charge in [0.1, 0.15) is 0 Å². The van der Waals surface area contributed by atoms with Crippen LogP contribution in [-0.2, 0) is 0 Å². The number of ether oxygens (including phenoxy) is 2. The topological polar surface area (TPSA) is 84.2 Å². The highest BCUT2D eigenvalue weighted by atomic mass is 79.9. The van der Waals surface area contributed by atoms with E-state index in [4.69, 9.17) is 14.7 Å². The molecule has 8 heteroatoms. The second-order valence-corrected chi connectivity index (χ2v) is 7.73. The van der Waals surface area contributed by atoms with Crippen LogP contribution in [0, 0.1) is 11.3 Å². The first-order chi connectivity index (χ1) is 14.0. The van der Waals surface area contributed by atoms with Crippen LogP contribution in [0.15, 0.2) is 46.3 Å². The summed E-state index contributed by atoms with van der Waals surface area (Å²) < 4.78 is 11.7. The predicted molar refractivity (Wildman–Crippen MR) is 117 cm³/mol. The first-order valence-corrected chi connectivity index (χ1v) is 10.5. The van der Waals surface area contributed by atoms with E-state index >= 15 is 0 Å². The minimum atomic E-state index is -0.299. The summed E-state index contributed by atoms with van der Waals surface area (Å²) in [6.45, 7) is 2.57.